The van der Waals surface area contributed by atoms with E-state index in [4.69, 9.17) is 0 Å². The summed E-state index contributed by atoms with van der Waals surface area (Å²) in [6.45, 7) is 8.36. The highest BCUT2D eigenvalue weighted by Gasteiger charge is 2.34. The minimum atomic E-state index is -0.233. The molecule has 0 spiro atoms. The molecule has 3 heterocycles. The molecule has 0 bridgehead atoms. The first kappa shape index (κ1) is 21.3. The van der Waals surface area contributed by atoms with Crippen molar-refractivity contribution in [1.82, 2.24) is 30.1 Å². The van der Waals surface area contributed by atoms with Gasteiger partial charge in [-0.1, -0.05) is 37.8 Å². The molecule has 2 aliphatic rings. The normalized spacial score (nSPS) is 21.8. The van der Waals surface area contributed by atoms with Crippen LogP contribution in [0.2, 0.25) is 0 Å². The van der Waals surface area contributed by atoms with Gasteiger partial charge in [-0.05, 0) is 85.5 Å². The minimum absolute atomic E-state index is 0.0362. The van der Waals surface area contributed by atoms with Crippen molar-refractivity contribution in [2.45, 2.75) is 77.8 Å². The Kier molecular flexibility index (Phi) is 5.84. The molecule has 2 atom stereocenters. The molecule has 32 heavy (non-hydrogen) atoms. The van der Waals surface area contributed by atoms with Crippen LogP contribution in [0.3, 0.4) is 0 Å². The minimum Gasteiger partial charge on any atom is -0.321 e. The molecule has 2 fully saturated rings. The fraction of sp³-hybridized carbons (Fsp3) is 0.600. The maximum absolute atomic E-state index is 13.5. The zero-order chi connectivity index (χ0) is 22.2. The van der Waals surface area contributed by atoms with E-state index in [1.165, 1.54) is 31.2 Å². The van der Waals surface area contributed by atoms with Crippen molar-refractivity contribution in [2.75, 3.05) is 13.1 Å². The summed E-state index contributed by atoms with van der Waals surface area (Å²) in [5.41, 5.74) is 3.93. The maximum atomic E-state index is 13.5. The smallest absolute Gasteiger partial charge is 0.253 e. The number of H-pyrrole nitrogens is 1. The molecule has 0 radical (unpaired) electrons. The van der Waals surface area contributed by atoms with Gasteiger partial charge in [0.15, 0.2) is 5.82 Å². The summed E-state index contributed by atoms with van der Waals surface area (Å²) in [4.78, 5) is 19.1. The second-order valence-corrected chi connectivity index (χ2v) is 10.0. The van der Waals surface area contributed by atoms with Crippen LogP contribution in [0.15, 0.2) is 23.0 Å². The molecule has 1 aliphatic carbocycles. The van der Waals surface area contributed by atoms with E-state index in [2.05, 4.69) is 64.4 Å². The lowest BCUT2D eigenvalue weighted by Gasteiger charge is -2.37. The van der Waals surface area contributed by atoms with Gasteiger partial charge in [0.1, 0.15) is 6.04 Å². The van der Waals surface area contributed by atoms with Crippen LogP contribution >= 0.6 is 0 Å². The number of aromatic amines is 1. The molecule has 5 rings (SSSR count). The average molecular weight is 435 g/mol. The fourth-order valence-corrected chi connectivity index (χ4v) is 5.83. The third kappa shape index (κ3) is 3.98. The van der Waals surface area contributed by atoms with Crippen LogP contribution < -0.4 is 5.56 Å². The lowest BCUT2D eigenvalue weighted by Crippen LogP contribution is -2.41. The van der Waals surface area contributed by atoms with Crippen LogP contribution in [0.1, 0.15) is 86.5 Å². The Labute approximate surface area is 189 Å². The number of aromatic nitrogens is 5. The number of likely N-dealkylation sites (tertiary alicyclic amines) is 1. The van der Waals surface area contributed by atoms with Gasteiger partial charge in [0.05, 0.1) is 11.6 Å². The van der Waals surface area contributed by atoms with Gasteiger partial charge in [0.2, 0.25) is 0 Å². The predicted octanol–water partition coefficient (Wildman–Crippen LogP) is 4.46. The summed E-state index contributed by atoms with van der Waals surface area (Å²) >= 11 is 0. The van der Waals surface area contributed by atoms with Gasteiger partial charge >= 0.3 is 0 Å². The third-order valence-electron chi connectivity index (χ3n) is 7.35. The molecular weight excluding hydrogens is 400 g/mol. The number of rotatable bonds is 4. The highest BCUT2D eigenvalue weighted by molar-refractivity contribution is 5.83. The second-order valence-electron chi connectivity index (χ2n) is 10.0. The molecule has 2 aromatic heterocycles. The number of nitrogens with zero attached hydrogens (tertiary/aromatic N) is 5. The molecule has 7 heteroatoms. The van der Waals surface area contributed by atoms with Gasteiger partial charge in [-0.3, -0.25) is 9.69 Å². The largest absolute Gasteiger partial charge is 0.321 e. The van der Waals surface area contributed by atoms with Crippen molar-refractivity contribution in [1.29, 1.82) is 0 Å². The fourth-order valence-electron chi connectivity index (χ4n) is 5.83. The molecular formula is C25H34N6O. The zero-order valence-electron chi connectivity index (χ0n) is 19.5. The molecule has 1 aliphatic heterocycles. The van der Waals surface area contributed by atoms with E-state index in [9.17, 15) is 4.79 Å². The number of tetrazole rings is 1. The number of aryl methyl sites for hydroxylation is 2. The first-order chi connectivity index (χ1) is 15.5. The van der Waals surface area contributed by atoms with Gasteiger partial charge in [-0.25, -0.2) is 4.68 Å². The van der Waals surface area contributed by atoms with Gasteiger partial charge in [0.25, 0.3) is 5.56 Å². The molecule has 0 amide bonds. The maximum Gasteiger partial charge on any atom is 0.253 e. The van der Waals surface area contributed by atoms with Crippen molar-refractivity contribution in [3.05, 3.63) is 51.1 Å². The number of nitrogens with one attached hydrogen (secondary N) is 1. The summed E-state index contributed by atoms with van der Waals surface area (Å²) in [6.07, 6.45) is 8.27. The van der Waals surface area contributed by atoms with E-state index in [0.717, 1.165) is 60.2 Å². The molecule has 1 aromatic carbocycles. The standard InChI is InChI=1S/C25H34N6O/c1-16-8-7-11-30(15-16)23(24-27-28-29-31(24)20-9-5-4-6-10-20)21-14-19-13-17(2)12-18(3)22(19)26-25(21)32/h12-14,16,20,23H,4-11,15H2,1-3H3,(H,26,32)/t16-,23+/m1/s1. The topological polar surface area (TPSA) is 79.7 Å². The molecule has 1 saturated carbocycles. The third-order valence-corrected chi connectivity index (χ3v) is 7.35. The first-order valence-electron chi connectivity index (χ1n) is 12.2. The monoisotopic (exact) mass is 434 g/mol. The second kappa shape index (κ2) is 8.77. The Balaban J connectivity index is 1.66. The van der Waals surface area contributed by atoms with E-state index in [1.54, 1.807) is 0 Å². The molecule has 7 nitrogen and oxygen atoms in total. The number of hydrogen-bond acceptors (Lipinski definition) is 5. The summed E-state index contributed by atoms with van der Waals surface area (Å²) in [5, 5.41) is 14.1. The molecule has 0 unspecified atom stereocenters. The number of hydrogen-bond donors (Lipinski definition) is 1. The van der Waals surface area contributed by atoms with Crippen LogP contribution in [0.5, 0.6) is 0 Å². The van der Waals surface area contributed by atoms with Gasteiger partial charge < -0.3 is 4.98 Å². The first-order valence-corrected chi connectivity index (χ1v) is 12.2. The zero-order valence-corrected chi connectivity index (χ0v) is 19.5. The van der Waals surface area contributed by atoms with E-state index in [-0.39, 0.29) is 11.6 Å². The predicted molar refractivity (Wildman–Crippen MR) is 126 cm³/mol. The quantitative estimate of drug-likeness (QED) is 0.656. The lowest BCUT2D eigenvalue weighted by molar-refractivity contribution is 0.138. The molecule has 1 N–H and O–H groups in total. The van der Waals surface area contributed by atoms with Gasteiger partial charge in [0, 0.05) is 12.1 Å². The Morgan fingerprint density at radius 3 is 2.66 bits per heavy atom. The van der Waals surface area contributed by atoms with Gasteiger partial charge in [-0.15, -0.1) is 5.10 Å². The van der Waals surface area contributed by atoms with Crippen LogP contribution in [0, 0.1) is 19.8 Å². The highest BCUT2D eigenvalue weighted by atomic mass is 16.1. The van der Waals surface area contributed by atoms with E-state index in [1.807, 2.05) is 4.68 Å². The summed E-state index contributed by atoms with van der Waals surface area (Å²) < 4.78 is 2.04. The van der Waals surface area contributed by atoms with Crippen molar-refractivity contribution in [3.63, 3.8) is 0 Å². The Hall–Kier alpha value is -2.54. The van der Waals surface area contributed by atoms with Gasteiger partial charge in [-0.2, -0.15) is 0 Å². The van der Waals surface area contributed by atoms with Crippen molar-refractivity contribution in [3.8, 4) is 0 Å². The van der Waals surface area contributed by atoms with E-state index < -0.39 is 0 Å². The summed E-state index contributed by atoms with van der Waals surface area (Å²) in [7, 11) is 0. The lowest BCUT2D eigenvalue weighted by atomic mass is 9.93. The van der Waals surface area contributed by atoms with Crippen LogP contribution in [0.4, 0.5) is 0 Å². The van der Waals surface area contributed by atoms with Crippen molar-refractivity contribution in [2.24, 2.45) is 5.92 Å². The number of pyridine rings is 1. The Morgan fingerprint density at radius 1 is 1.06 bits per heavy atom. The van der Waals surface area contributed by atoms with E-state index >= 15 is 0 Å². The SMILES string of the molecule is Cc1cc(C)c2[nH]c(=O)c([C@@H](c3nnnn3C3CCCCC3)N3CCC[C@@H](C)C3)cc2c1. The van der Waals surface area contributed by atoms with Crippen molar-refractivity contribution >= 4 is 10.9 Å². The molecule has 170 valence electrons. The molecule has 3 aromatic rings. The number of benzene rings is 1. The van der Waals surface area contributed by atoms with Crippen molar-refractivity contribution < 1.29 is 0 Å². The number of piperidine rings is 1. The summed E-state index contributed by atoms with van der Waals surface area (Å²) in [6, 6.07) is 6.44. The molecule has 1 saturated heterocycles. The number of fused-ring (bicyclic) bond motifs is 1. The Bertz CT molecular complexity index is 1160. The average Bonchev–Trinajstić information content (AvgIpc) is 3.25. The Morgan fingerprint density at radius 2 is 1.88 bits per heavy atom. The highest BCUT2D eigenvalue weighted by Crippen LogP contribution is 2.35. The van der Waals surface area contributed by atoms with Crippen LogP contribution in [-0.4, -0.2) is 43.2 Å². The van der Waals surface area contributed by atoms with Crippen LogP contribution in [0.25, 0.3) is 10.9 Å². The summed E-state index contributed by atoms with van der Waals surface area (Å²) in [5.74, 6) is 1.41. The van der Waals surface area contributed by atoms with Crippen LogP contribution in [-0.2, 0) is 0 Å². The van der Waals surface area contributed by atoms with E-state index in [0.29, 0.717) is 12.0 Å².